The molecule has 0 unspecified atom stereocenters. The highest BCUT2D eigenvalue weighted by molar-refractivity contribution is 6.00. The number of benzene rings is 2. The molecule has 31 heavy (non-hydrogen) atoms. The number of carbonyl (C=O) groups excluding carboxylic acids is 2. The van der Waals surface area contributed by atoms with Crippen molar-refractivity contribution < 1.29 is 23.2 Å². The number of amides is 1. The molecule has 2 heterocycles. The van der Waals surface area contributed by atoms with E-state index in [0.717, 1.165) is 21.9 Å². The summed E-state index contributed by atoms with van der Waals surface area (Å²) in [6, 6.07) is 8.24. The Morgan fingerprint density at radius 3 is 2.39 bits per heavy atom. The van der Waals surface area contributed by atoms with Crippen LogP contribution in [0.15, 0.2) is 50.2 Å². The largest absolute Gasteiger partial charge is 0.465 e. The molecule has 0 radical (unpaired) electrons. The van der Waals surface area contributed by atoms with Gasteiger partial charge in [-0.3, -0.25) is 4.79 Å². The first-order chi connectivity index (χ1) is 14.8. The Bertz CT molecular complexity index is 1390. The predicted molar refractivity (Wildman–Crippen MR) is 117 cm³/mol. The molecular weight excluding hydrogens is 398 g/mol. The van der Waals surface area contributed by atoms with E-state index in [4.69, 9.17) is 8.83 Å². The first-order valence-corrected chi connectivity index (χ1v) is 9.72. The molecule has 0 spiro atoms. The average Bonchev–Trinajstić information content (AvgIpc) is 3.13. The second kappa shape index (κ2) is 7.75. The number of esters is 1. The molecule has 0 fully saturated rings. The lowest BCUT2D eigenvalue weighted by Crippen LogP contribution is -2.20. The van der Waals surface area contributed by atoms with Crippen LogP contribution in [0.2, 0.25) is 0 Å². The highest BCUT2D eigenvalue weighted by atomic mass is 16.5. The first kappa shape index (κ1) is 20.4. The van der Waals surface area contributed by atoms with Gasteiger partial charge < -0.3 is 18.9 Å². The van der Waals surface area contributed by atoms with E-state index in [-0.39, 0.29) is 12.3 Å². The standard InChI is InChI=1S/C24H21NO6/c1-12-11-30-21-14(3)22-18(9-17(12)21)13(2)19(24(28)31-22)10-20(26)25-16-7-5-15(6-8-16)23(27)29-4/h5-9,11H,10H2,1-4H3,(H,25,26). The number of nitrogens with one attached hydrogen (secondary N) is 1. The van der Waals surface area contributed by atoms with Crippen LogP contribution in [0.5, 0.6) is 0 Å². The maximum Gasteiger partial charge on any atom is 0.340 e. The molecule has 0 aliphatic heterocycles. The van der Waals surface area contributed by atoms with Crippen molar-refractivity contribution in [2.75, 3.05) is 12.4 Å². The number of anilines is 1. The van der Waals surface area contributed by atoms with E-state index in [1.807, 2.05) is 26.8 Å². The van der Waals surface area contributed by atoms with Gasteiger partial charge in [-0.25, -0.2) is 9.59 Å². The SMILES string of the molecule is COC(=O)c1ccc(NC(=O)Cc2c(C)c3cc4c(C)coc4c(C)c3oc2=O)cc1. The lowest BCUT2D eigenvalue weighted by atomic mass is 9.99. The van der Waals surface area contributed by atoms with E-state index >= 15 is 0 Å². The Balaban J connectivity index is 1.65. The van der Waals surface area contributed by atoms with E-state index in [2.05, 4.69) is 10.1 Å². The summed E-state index contributed by atoms with van der Waals surface area (Å²) in [4.78, 5) is 36.8. The number of methoxy groups -OCH3 is 1. The van der Waals surface area contributed by atoms with Crippen LogP contribution in [0, 0.1) is 20.8 Å². The normalized spacial score (nSPS) is 11.1. The van der Waals surface area contributed by atoms with Crippen LogP contribution in [-0.4, -0.2) is 19.0 Å². The van der Waals surface area contributed by atoms with E-state index in [9.17, 15) is 14.4 Å². The van der Waals surface area contributed by atoms with Gasteiger partial charge in [-0.1, -0.05) is 0 Å². The molecule has 0 saturated carbocycles. The van der Waals surface area contributed by atoms with Crippen LogP contribution >= 0.6 is 0 Å². The number of hydrogen-bond donors (Lipinski definition) is 1. The maximum atomic E-state index is 12.7. The smallest absolute Gasteiger partial charge is 0.340 e. The molecule has 1 amide bonds. The summed E-state index contributed by atoms with van der Waals surface area (Å²) in [5.41, 5.74) is 4.23. The van der Waals surface area contributed by atoms with Crippen LogP contribution in [0.1, 0.15) is 32.6 Å². The topological polar surface area (TPSA) is 98.8 Å². The fourth-order valence-corrected chi connectivity index (χ4v) is 3.70. The fraction of sp³-hybridized carbons (Fsp3) is 0.208. The molecular formula is C24H21NO6. The monoisotopic (exact) mass is 419 g/mol. The molecule has 7 heteroatoms. The third kappa shape index (κ3) is 3.59. The van der Waals surface area contributed by atoms with Gasteiger partial charge in [0.2, 0.25) is 5.91 Å². The molecule has 0 saturated heterocycles. The minimum Gasteiger partial charge on any atom is -0.465 e. The lowest BCUT2D eigenvalue weighted by molar-refractivity contribution is -0.115. The van der Waals surface area contributed by atoms with Crippen LogP contribution in [0.25, 0.3) is 21.9 Å². The Labute approximate surface area is 177 Å². The van der Waals surface area contributed by atoms with Crippen molar-refractivity contribution >= 4 is 39.5 Å². The second-order valence-corrected chi connectivity index (χ2v) is 7.46. The van der Waals surface area contributed by atoms with E-state index in [1.54, 1.807) is 30.5 Å². The van der Waals surface area contributed by atoms with Crippen LogP contribution in [0.3, 0.4) is 0 Å². The van der Waals surface area contributed by atoms with Crippen molar-refractivity contribution in [3.63, 3.8) is 0 Å². The zero-order valence-electron chi connectivity index (χ0n) is 17.6. The van der Waals surface area contributed by atoms with Crippen molar-refractivity contribution in [3.8, 4) is 0 Å². The molecule has 2 aromatic carbocycles. The summed E-state index contributed by atoms with van der Waals surface area (Å²) in [7, 11) is 1.30. The number of fused-ring (bicyclic) bond motifs is 2. The summed E-state index contributed by atoms with van der Waals surface area (Å²) in [6.07, 6.45) is 1.54. The van der Waals surface area contributed by atoms with Gasteiger partial charge in [0.1, 0.15) is 11.2 Å². The number of hydrogen-bond acceptors (Lipinski definition) is 6. The zero-order valence-corrected chi connectivity index (χ0v) is 17.6. The number of ether oxygens (including phenoxy) is 1. The van der Waals surface area contributed by atoms with E-state index in [1.165, 1.54) is 7.11 Å². The third-order valence-corrected chi connectivity index (χ3v) is 5.46. The highest BCUT2D eigenvalue weighted by Crippen LogP contribution is 2.32. The zero-order chi connectivity index (χ0) is 22.3. The molecule has 0 atom stereocenters. The minimum atomic E-state index is -0.549. The molecule has 0 bridgehead atoms. The Hall–Kier alpha value is -3.87. The van der Waals surface area contributed by atoms with Crippen LogP contribution in [-0.2, 0) is 16.0 Å². The molecule has 2 aromatic heterocycles. The van der Waals surface area contributed by atoms with Gasteiger partial charge in [0.05, 0.1) is 30.9 Å². The van der Waals surface area contributed by atoms with Crippen molar-refractivity contribution in [3.05, 3.63) is 74.8 Å². The van der Waals surface area contributed by atoms with E-state index in [0.29, 0.717) is 33.5 Å². The highest BCUT2D eigenvalue weighted by Gasteiger charge is 2.19. The minimum absolute atomic E-state index is 0.135. The summed E-state index contributed by atoms with van der Waals surface area (Å²) in [5.74, 6) is -0.822. The van der Waals surface area contributed by atoms with Gasteiger partial charge in [0.25, 0.3) is 0 Å². The van der Waals surface area contributed by atoms with Crippen LogP contribution in [0.4, 0.5) is 5.69 Å². The van der Waals surface area contributed by atoms with Gasteiger partial charge in [0, 0.05) is 22.0 Å². The fourth-order valence-electron chi connectivity index (χ4n) is 3.70. The third-order valence-electron chi connectivity index (χ3n) is 5.46. The predicted octanol–water partition coefficient (Wildman–Crippen LogP) is 4.43. The molecule has 0 aliphatic rings. The molecule has 4 rings (SSSR count). The maximum absolute atomic E-state index is 12.7. The van der Waals surface area contributed by atoms with Gasteiger partial charge in [-0.2, -0.15) is 0 Å². The first-order valence-electron chi connectivity index (χ1n) is 9.72. The van der Waals surface area contributed by atoms with Gasteiger partial charge in [-0.05, 0) is 62.2 Å². The quantitative estimate of drug-likeness (QED) is 0.388. The number of carbonyl (C=O) groups is 2. The number of aryl methyl sites for hydroxylation is 3. The summed E-state index contributed by atoms with van der Waals surface area (Å²) in [6.45, 7) is 5.61. The van der Waals surface area contributed by atoms with Gasteiger partial charge >= 0.3 is 11.6 Å². The van der Waals surface area contributed by atoms with Crippen molar-refractivity contribution in [2.45, 2.75) is 27.2 Å². The van der Waals surface area contributed by atoms with Crippen LogP contribution < -0.4 is 10.9 Å². The number of rotatable bonds is 4. The summed E-state index contributed by atoms with van der Waals surface area (Å²) in [5, 5.41) is 4.46. The molecule has 1 N–H and O–H groups in total. The molecule has 4 aromatic rings. The Kier molecular flexibility index (Phi) is 5.10. The summed E-state index contributed by atoms with van der Waals surface area (Å²) >= 11 is 0. The average molecular weight is 419 g/mol. The van der Waals surface area contributed by atoms with Crippen molar-refractivity contribution in [1.29, 1.82) is 0 Å². The Morgan fingerprint density at radius 2 is 1.71 bits per heavy atom. The molecule has 0 aliphatic carbocycles. The van der Waals surface area contributed by atoms with E-state index < -0.39 is 11.6 Å². The second-order valence-electron chi connectivity index (χ2n) is 7.46. The lowest BCUT2D eigenvalue weighted by Gasteiger charge is -2.11. The molecule has 7 nitrogen and oxygen atoms in total. The van der Waals surface area contributed by atoms with Gasteiger partial charge in [0.15, 0.2) is 0 Å². The Morgan fingerprint density at radius 1 is 1.00 bits per heavy atom. The van der Waals surface area contributed by atoms with Crippen molar-refractivity contribution in [2.24, 2.45) is 0 Å². The van der Waals surface area contributed by atoms with Crippen molar-refractivity contribution in [1.82, 2.24) is 0 Å². The van der Waals surface area contributed by atoms with Gasteiger partial charge in [-0.15, -0.1) is 0 Å². The molecule has 158 valence electrons. The number of furan rings is 1. The summed E-state index contributed by atoms with van der Waals surface area (Å²) < 4.78 is 15.8.